The lowest BCUT2D eigenvalue weighted by Gasteiger charge is -2.18. The number of rotatable bonds is 1. The first kappa shape index (κ1) is 15.7. The molecule has 0 heterocycles. The van der Waals surface area contributed by atoms with Crippen molar-refractivity contribution in [1.29, 1.82) is 0 Å². The Morgan fingerprint density at radius 2 is 1.59 bits per heavy atom. The number of carboxylic acids is 1. The zero-order valence-corrected chi connectivity index (χ0v) is 9.42. The van der Waals surface area contributed by atoms with Crippen LogP contribution in [0.2, 0.25) is 0 Å². The molecule has 1 fully saturated rings. The molecule has 1 rings (SSSR count). The molecule has 0 radical (unpaired) electrons. The van der Waals surface area contributed by atoms with Crippen LogP contribution in [0.4, 0.5) is 13.2 Å². The van der Waals surface area contributed by atoms with Crippen LogP contribution < -0.4 is 0 Å². The second kappa shape index (κ2) is 7.13. The zero-order chi connectivity index (χ0) is 13.5. The van der Waals surface area contributed by atoms with Gasteiger partial charge in [-0.2, -0.15) is 13.2 Å². The number of carbonyl (C=O) groups is 2. The van der Waals surface area contributed by atoms with Crippen molar-refractivity contribution < 1.29 is 32.6 Å². The second-order valence-corrected chi connectivity index (χ2v) is 3.66. The van der Waals surface area contributed by atoms with E-state index in [0.717, 1.165) is 12.8 Å². The van der Waals surface area contributed by atoms with Crippen molar-refractivity contribution in [2.75, 3.05) is 7.11 Å². The molecule has 7 heteroatoms. The van der Waals surface area contributed by atoms with Gasteiger partial charge in [-0.3, -0.25) is 4.79 Å². The molecule has 0 unspecified atom stereocenters. The molecule has 0 spiro atoms. The molecular weight excluding hydrogens is 241 g/mol. The third-order valence-electron chi connectivity index (χ3n) is 2.38. The molecule has 0 aromatic carbocycles. The Balaban J connectivity index is 0.000000325. The van der Waals surface area contributed by atoms with Gasteiger partial charge in [0.15, 0.2) is 0 Å². The highest BCUT2D eigenvalue weighted by atomic mass is 19.4. The summed E-state index contributed by atoms with van der Waals surface area (Å²) in [4.78, 5) is 19.8. The van der Waals surface area contributed by atoms with Gasteiger partial charge >= 0.3 is 18.1 Å². The van der Waals surface area contributed by atoms with Gasteiger partial charge in [-0.1, -0.05) is 19.3 Å². The maximum absolute atomic E-state index is 10.9. The predicted octanol–water partition coefficient (Wildman–Crippen LogP) is 2.37. The topological polar surface area (TPSA) is 63.6 Å². The Hall–Kier alpha value is -1.27. The van der Waals surface area contributed by atoms with Crippen molar-refractivity contribution in [3.05, 3.63) is 0 Å². The highest BCUT2D eigenvalue weighted by Crippen LogP contribution is 2.24. The highest BCUT2D eigenvalue weighted by molar-refractivity contribution is 5.73. The molecule has 17 heavy (non-hydrogen) atoms. The predicted molar refractivity (Wildman–Crippen MR) is 52.3 cm³/mol. The standard InChI is InChI=1S/C8H14O2.C2HF3O2/c1-10-8(9)7-5-3-2-4-6-7;3-2(4,5)1(6)7/h7H,2-6H2,1H3;(H,6,7). The van der Waals surface area contributed by atoms with Gasteiger partial charge in [-0.05, 0) is 12.8 Å². The highest BCUT2D eigenvalue weighted by Gasteiger charge is 2.38. The van der Waals surface area contributed by atoms with E-state index in [-0.39, 0.29) is 11.9 Å². The summed E-state index contributed by atoms with van der Waals surface area (Å²) in [6, 6.07) is 0. The summed E-state index contributed by atoms with van der Waals surface area (Å²) in [5.74, 6) is -2.56. The summed E-state index contributed by atoms with van der Waals surface area (Å²) in [6.45, 7) is 0. The number of hydrogen-bond acceptors (Lipinski definition) is 3. The Bertz CT molecular complexity index is 257. The molecule has 1 N–H and O–H groups in total. The number of carbonyl (C=O) groups excluding carboxylic acids is 1. The Morgan fingerprint density at radius 3 is 1.88 bits per heavy atom. The lowest BCUT2D eigenvalue weighted by molar-refractivity contribution is -0.192. The smallest absolute Gasteiger partial charge is 0.475 e. The van der Waals surface area contributed by atoms with E-state index < -0.39 is 12.1 Å². The molecule has 0 amide bonds. The van der Waals surface area contributed by atoms with E-state index in [0.29, 0.717) is 0 Å². The van der Waals surface area contributed by atoms with E-state index in [2.05, 4.69) is 4.74 Å². The summed E-state index contributed by atoms with van der Waals surface area (Å²) in [5.41, 5.74) is 0. The molecule has 1 aliphatic rings. The van der Waals surface area contributed by atoms with Crippen molar-refractivity contribution >= 4 is 11.9 Å². The number of aliphatic carboxylic acids is 1. The van der Waals surface area contributed by atoms with E-state index in [1.165, 1.54) is 26.4 Å². The molecule has 1 aliphatic carbocycles. The third kappa shape index (κ3) is 6.80. The van der Waals surface area contributed by atoms with Crippen LogP contribution in [0.5, 0.6) is 0 Å². The van der Waals surface area contributed by atoms with Crippen molar-refractivity contribution in [3.8, 4) is 0 Å². The third-order valence-corrected chi connectivity index (χ3v) is 2.38. The lowest BCUT2D eigenvalue weighted by Crippen LogP contribution is -2.21. The summed E-state index contributed by atoms with van der Waals surface area (Å²) in [7, 11) is 1.47. The van der Waals surface area contributed by atoms with Crippen LogP contribution in [-0.4, -0.2) is 30.3 Å². The summed E-state index contributed by atoms with van der Waals surface area (Å²) < 4.78 is 36.4. The van der Waals surface area contributed by atoms with E-state index in [9.17, 15) is 18.0 Å². The van der Waals surface area contributed by atoms with Crippen LogP contribution in [0, 0.1) is 5.92 Å². The van der Waals surface area contributed by atoms with E-state index in [1.807, 2.05) is 0 Å². The van der Waals surface area contributed by atoms with Gasteiger partial charge in [0.05, 0.1) is 13.0 Å². The van der Waals surface area contributed by atoms with Crippen LogP contribution in [0.25, 0.3) is 0 Å². The van der Waals surface area contributed by atoms with E-state index in [1.54, 1.807) is 0 Å². The SMILES string of the molecule is COC(=O)C1CCCCC1.O=C(O)C(F)(F)F. The maximum Gasteiger partial charge on any atom is 0.490 e. The first-order valence-corrected chi connectivity index (χ1v) is 5.17. The zero-order valence-electron chi connectivity index (χ0n) is 9.42. The molecule has 0 aromatic rings. The fraction of sp³-hybridized carbons (Fsp3) is 0.800. The fourth-order valence-corrected chi connectivity index (χ4v) is 1.50. The summed E-state index contributed by atoms with van der Waals surface area (Å²) in [5, 5.41) is 7.12. The van der Waals surface area contributed by atoms with Gasteiger partial charge in [0.2, 0.25) is 0 Å². The van der Waals surface area contributed by atoms with Crippen molar-refractivity contribution in [2.45, 2.75) is 38.3 Å². The van der Waals surface area contributed by atoms with Crippen LogP contribution in [-0.2, 0) is 14.3 Å². The van der Waals surface area contributed by atoms with Gasteiger partial charge in [-0.15, -0.1) is 0 Å². The largest absolute Gasteiger partial charge is 0.490 e. The Kier molecular flexibility index (Phi) is 6.60. The van der Waals surface area contributed by atoms with Gasteiger partial charge in [0.1, 0.15) is 0 Å². The summed E-state index contributed by atoms with van der Waals surface area (Å²) in [6.07, 6.45) is 0.659. The molecular formula is C10H15F3O4. The van der Waals surface area contributed by atoms with Crippen LogP contribution >= 0.6 is 0 Å². The number of methoxy groups -OCH3 is 1. The van der Waals surface area contributed by atoms with Crippen LogP contribution in [0.3, 0.4) is 0 Å². The normalized spacial score (nSPS) is 16.7. The fourth-order valence-electron chi connectivity index (χ4n) is 1.50. The number of halogens is 3. The monoisotopic (exact) mass is 256 g/mol. The Morgan fingerprint density at radius 1 is 1.18 bits per heavy atom. The van der Waals surface area contributed by atoms with Crippen molar-refractivity contribution in [2.24, 2.45) is 5.92 Å². The lowest BCUT2D eigenvalue weighted by atomic mass is 9.89. The average Bonchev–Trinajstić information content (AvgIpc) is 2.28. The van der Waals surface area contributed by atoms with Gasteiger partial charge in [-0.25, -0.2) is 4.79 Å². The molecule has 0 aromatic heterocycles. The quantitative estimate of drug-likeness (QED) is 0.731. The molecule has 0 aliphatic heterocycles. The number of carboxylic acid groups (broad SMARTS) is 1. The van der Waals surface area contributed by atoms with Gasteiger partial charge < -0.3 is 9.84 Å². The minimum atomic E-state index is -5.08. The number of ether oxygens (including phenoxy) is 1. The Labute approximate surface area is 96.8 Å². The maximum atomic E-state index is 10.9. The molecule has 0 saturated heterocycles. The molecule has 100 valence electrons. The van der Waals surface area contributed by atoms with Gasteiger partial charge in [0.25, 0.3) is 0 Å². The number of alkyl halides is 3. The van der Waals surface area contributed by atoms with Crippen molar-refractivity contribution in [1.82, 2.24) is 0 Å². The van der Waals surface area contributed by atoms with E-state index >= 15 is 0 Å². The molecule has 0 bridgehead atoms. The minimum Gasteiger partial charge on any atom is -0.475 e. The van der Waals surface area contributed by atoms with E-state index in [4.69, 9.17) is 9.90 Å². The first-order valence-electron chi connectivity index (χ1n) is 5.17. The first-order chi connectivity index (χ1) is 7.79. The average molecular weight is 256 g/mol. The number of esters is 1. The minimum absolute atomic E-state index is 0.0142. The van der Waals surface area contributed by atoms with Crippen molar-refractivity contribution in [3.63, 3.8) is 0 Å². The second-order valence-electron chi connectivity index (χ2n) is 3.66. The summed E-state index contributed by atoms with van der Waals surface area (Å²) >= 11 is 0. The number of hydrogen-bond donors (Lipinski definition) is 1. The van der Waals surface area contributed by atoms with Crippen LogP contribution in [0.1, 0.15) is 32.1 Å². The van der Waals surface area contributed by atoms with Gasteiger partial charge in [0, 0.05) is 0 Å². The molecule has 1 saturated carbocycles. The molecule has 4 nitrogen and oxygen atoms in total. The molecule has 0 atom stereocenters. The van der Waals surface area contributed by atoms with Crippen LogP contribution in [0.15, 0.2) is 0 Å².